The standard InChI is InChI=1S/C21H17NO/c1-16(17-10-4-2-5-11-17)19-14-8-9-15-20(19)21(23)22-18-12-6-3-7-13-18/h2-15H,1H2,(H,22,23). The van der Waals surface area contributed by atoms with Gasteiger partial charge in [0.15, 0.2) is 0 Å². The van der Waals surface area contributed by atoms with E-state index in [1.807, 2.05) is 84.9 Å². The van der Waals surface area contributed by atoms with Crippen molar-refractivity contribution in [2.24, 2.45) is 0 Å². The van der Waals surface area contributed by atoms with Gasteiger partial charge in [0.1, 0.15) is 0 Å². The van der Waals surface area contributed by atoms with Gasteiger partial charge in [0.05, 0.1) is 0 Å². The molecule has 0 aliphatic heterocycles. The van der Waals surface area contributed by atoms with E-state index in [9.17, 15) is 4.79 Å². The molecule has 0 atom stereocenters. The SMILES string of the molecule is C=C(c1ccccc1)c1ccccc1C(=O)Nc1ccccc1. The van der Waals surface area contributed by atoms with Crippen LogP contribution in [0.1, 0.15) is 21.5 Å². The molecule has 0 bridgehead atoms. The molecule has 2 nitrogen and oxygen atoms in total. The largest absolute Gasteiger partial charge is 0.322 e. The van der Waals surface area contributed by atoms with Crippen LogP contribution < -0.4 is 5.32 Å². The first kappa shape index (κ1) is 14.8. The van der Waals surface area contributed by atoms with Crippen LogP contribution in [0.4, 0.5) is 5.69 Å². The number of amides is 1. The molecule has 0 aliphatic rings. The molecule has 0 radical (unpaired) electrons. The molecule has 23 heavy (non-hydrogen) atoms. The molecule has 3 aromatic rings. The van der Waals surface area contributed by atoms with E-state index in [2.05, 4.69) is 11.9 Å². The Kier molecular flexibility index (Phi) is 4.34. The van der Waals surface area contributed by atoms with Crippen LogP contribution >= 0.6 is 0 Å². The highest BCUT2D eigenvalue weighted by Gasteiger charge is 2.14. The van der Waals surface area contributed by atoms with Gasteiger partial charge in [-0.15, -0.1) is 0 Å². The van der Waals surface area contributed by atoms with Crippen molar-refractivity contribution in [2.75, 3.05) is 5.32 Å². The summed E-state index contributed by atoms with van der Waals surface area (Å²) in [5.74, 6) is -0.135. The third-order valence-corrected chi connectivity index (χ3v) is 3.65. The lowest BCUT2D eigenvalue weighted by Crippen LogP contribution is -2.14. The molecule has 2 heteroatoms. The molecule has 3 aromatic carbocycles. The fourth-order valence-corrected chi connectivity index (χ4v) is 2.46. The first-order valence-corrected chi connectivity index (χ1v) is 7.46. The molecule has 0 fully saturated rings. The molecule has 1 N–H and O–H groups in total. The van der Waals surface area contributed by atoms with Gasteiger partial charge >= 0.3 is 0 Å². The Morgan fingerprint density at radius 3 is 1.87 bits per heavy atom. The lowest BCUT2D eigenvalue weighted by atomic mass is 9.95. The van der Waals surface area contributed by atoms with Crippen molar-refractivity contribution < 1.29 is 4.79 Å². The predicted molar refractivity (Wildman–Crippen MR) is 95.4 cm³/mol. The first-order chi connectivity index (χ1) is 11.3. The summed E-state index contributed by atoms with van der Waals surface area (Å²) in [6.45, 7) is 4.17. The Morgan fingerprint density at radius 1 is 0.696 bits per heavy atom. The van der Waals surface area contributed by atoms with Crippen molar-refractivity contribution in [3.05, 3.63) is 108 Å². The normalized spacial score (nSPS) is 10.1. The quantitative estimate of drug-likeness (QED) is 0.721. The Morgan fingerprint density at radius 2 is 1.22 bits per heavy atom. The van der Waals surface area contributed by atoms with Crippen LogP contribution in [-0.2, 0) is 0 Å². The smallest absolute Gasteiger partial charge is 0.256 e. The molecule has 1 amide bonds. The summed E-state index contributed by atoms with van der Waals surface area (Å²) in [7, 11) is 0. The van der Waals surface area contributed by atoms with Gasteiger partial charge in [-0.1, -0.05) is 73.3 Å². The lowest BCUT2D eigenvalue weighted by Gasteiger charge is -2.12. The number of rotatable bonds is 4. The average Bonchev–Trinajstić information content (AvgIpc) is 2.62. The summed E-state index contributed by atoms with van der Waals surface area (Å²) in [6.07, 6.45) is 0. The predicted octanol–water partition coefficient (Wildman–Crippen LogP) is 5.00. The highest BCUT2D eigenvalue weighted by atomic mass is 16.1. The summed E-state index contributed by atoms with van der Waals surface area (Å²) in [6, 6.07) is 26.9. The third kappa shape index (κ3) is 3.38. The maximum Gasteiger partial charge on any atom is 0.256 e. The zero-order chi connectivity index (χ0) is 16.1. The fourth-order valence-electron chi connectivity index (χ4n) is 2.46. The number of benzene rings is 3. The number of para-hydroxylation sites is 1. The van der Waals surface area contributed by atoms with Gasteiger partial charge in [-0.2, -0.15) is 0 Å². The molecule has 0 unspecified atom stereocenters. The number of hydrogen-bond acceptors (Lipinski definition) is 1. The fraction of sp³-hybridized carbons (Fsp3) is 0. The molecular weight excluding hydrogens is 282 g/mol. The van der Waals surface area contributed by atoms with Crippen molar-refractivity contribution in [3.8, 4) is 0 Å². The second-order valence-electron chi connectivity index (χ2n) is 5.21. The van der Waals surface area contributed by atoms with E-state index in [-0.39, 0.29) is 5.91 Å². The van der Waals surface area contributed by atoms with Gasteiger partial charge < -0.3 is 5.32 Å². The number of carbonyl (C=O) groups excluding carboxylic acids is 1. The monoisotopic (exact) mass is 299 g/mol. The summed E-state index contributed by atoms with van der Waals surface area (Å²) >= 11 is 0. The van der Waals surface area contributed by atoms with Crippen LogP contribution in [0.15, 0.2) is 91.5 Å². The average molecular weight is 299 g/mol. The Labute approximate surface area is 136 Å². The van der Waals surface area contributed by atoms with Gasteiger partial charge in [0.2, 0.25) is 0 Å². The van der Waals surface area contributed by atoms with Gasteiger partial charge in [-0.3, -0.25) is 4.79 Å². The van der Waals surface area contributed by atoms with Crippen LogP contribution in [0.25, 0.3) is 5.57 Å². The van der Waals surface area contributed by atoms with Crippen LogP contribution in [0, 0.1) is 0 Å². The molecule has 0 aliphatic carbocycles. The van der Waals surface area contributed by atoms with Crippen molar-refractivity contribution in [3.63, 3.8) is 0 Å². The molecule has 0 saturated heterocycles. The summed E-state index contributed by atoms with van der Waals surface area (Å²) in [5, 5.41) is 2.92. The minimum absolute atomic E-state index is 0.135. The highest BCUT2D eigenvalue weighted by molar-refractivity contribution is 6.08. The molecule has 0 spiro atoms. The molecule has 0 heterocycles. The molecule has 3 rings (SSSR count). The second kappa shape index (κ2) is 6.75. The van der Waals surface area contributed by atoms with Crippen LogP contribution in [-0.4, -0.2) is 5.91 Å². The zero-order valence-corrected chi connectivity index (χ0v) is 12.7. The molecule has 0 aromatic heterocycles. The number of carbonyl (C=O) groups is 1. The van der Waals surface area contributed by atoms with E-state index < -0.39 is 0 Å². The van der Waals surface area contributed by atoms with Crippen molar-refractivity contribution >= 4 is 17.2 Å². The third-order valence-electron chi connectivity index (χ3n) is 3.65. The maximum atomic E-state index is 12.6. The van der Waals surface area contributed by atoms with E-state index in [4.69, 9.17) is 0 Å². The Balaban J connectivity index is 1.92. The number of hydrogen-bond donors (Lipinski definition) is 1. The zero-order valence-electron chi connectivity index (χ0n) is 12.7. The number of nitrogens with one attached hydrogen (secondary N) is 1. The van der Waals surface area contributed by atoms with E-state index in [0.29, 0.717) is 5.56 Å². The minimum Gasteiger partial charge on any atom is -0.322 e. The maximum absolute atomic E-state index is 12.6. The molecule has 112 valence electrons. The summed E-state index contributed by atoms with van der Waals surface area (Å²) in [4.78, 5) is 12.6. The van der Waals surface area contributed by atoms with Crippen molar-refractivity contribution in [1.29, 1.82) is 0 Å². The molecular formula is C21H17NO. The first-order valence-electron chi connectivity index (χ1n) is 7.46. The summed E-state index contributed by atoms with van der Waals surface area (Å²) < 4.78 is 0. The minimum atomic E-state index is -0.135. The van der Waals surface area contributed by atoms with Crippen LogP contribution in [0.3, 0.4) is 0 Å². The topological polar surface area (TPSA) is 29.1 Å². The Hall–Kier alpha value is -3.13. The Bertz CT molecular complexity index is 823. The van der Waals surface area contributed by atoms with Gasteiger partial charge in [0.25, 0.3) is 5.91 Å². The number of anilines is 1. The van der Waals surface area contributed by atoms with Gasteiger partial charge in [0, 0.05) is 11.3 Å². The van der Waals surface area contributed by atoms with Crippen LogP contribution in [0.5, 0.6) is 0 Å². The van der Waals surface area contributed by atoms with Gasteiger partial charge in [-0.05, 0) is 34.9 Å². The highest BCUT2D eigenvalue weighted by Crippen LogP contribution is 2.25. The van der Waals surface area contributed by atoms with E-state index in [1.54, 1.807) is 0 Å². The van der Waals surface area contributed by atoms with Crippen LogP contribution in [0.2, 0.25) is 0 Å². The van der Waals surface area contributed by atoms with Crippen molar-refractivity contribution in [2.45, 2.75) is 0 Å². The van der Waals surface area contributed by atoms with E-state index >= 15 is 0 Å². The lowest BCUT2D eigenvalue weighted by molar-refractivity contribution is 0.102. The van der Waals surface area contributed by atoms with Crippen molar-refractivity contribution in [1.82, 2.24) is 0 Å². The summed E-state index contributed by atoms with van der Waals surface area (Å²) in [5.41, 5.74) is 4.08. The second-order valence-corrected chi connectivity index (χ2v) is 5.21. The van der Waals surface area contributed by atoms with E-state index in [1.165, 1.54) is 0 Å². The van der Waals surface area contributed by atoms with E-state index in [0.717, 1.165) is 22.4 Å². The molecule has 0 saturated carbocycles. The van der Waals surface area contributed by atoms with Gasteiger partial charge in [-0.25, -0.2) is 0 Å².